The van der Waals surface area contributed by atoms with Crippen LogP contribution in [0.4, 0.5) is 0 Å². The molecule has 0 fully saturated rings. The maximum absolute atomic E-state index is 12.5. The van der Waals surface area contributed by atoms with Gasteiger partial charge in [0.2, 0.25) is 0 Å². The first kappa shape index (κ1) is 16.5. The minimum Gasteiger partial charge on any atom is -0.344 e. The number of aryl methyl sites for hydroxylation is 1. The Bertz CT molecular complexity index is 841. The Balaban J connectivity index is 1.77. The second-order valence-electron chi connectivity index (χ2n) is 5.67. The van der Waals surface area contributed by atoms with Gasteiger partial charge in [0, 0.05) is 10.2 Å². The summed E-state index contributed by atoms with van der Waals surface area (Å²) in [6.45, 7) is 3.90. The molecule has 1 N–H and O–H groups in total. The molecule has 0 saturated heterocycles. The SMILES string of the molecule is Cc1cc(C(=O)NC(C)c2ccc(Br)cc2)nn1-c1ccccc1. The molecule has 2 aromatic carbocycles. The molecule has 0 aliphatic rings. The first-order valence-corrected chi connectivity index (χ1v) is 8.52. The summed E-state index contributed by atoms with van der Waals surface area (Å²) in [6, 6.07) is 19.4. The molecule has 1 heterocycles. The lowest BCUT2D eigenvalue weighted by atomic mass is 10.1. The molecule has 1 aromatic heterocycles. The van der Waals surface area contributed by atoms with Crippen molar-refractivity contribution in [2.45, 2.75) is 19.9 Å². The highest BCUT2D eigenvalue weighted by molar-refractivity contribution is 9.10. The smallest absolute Gasteiger partial charge is 0.272 e. The number of para-hydroxylation sites is 1. The van der Waals surface area contributed by atoms with Crippen LogP contribution >= 0.6 is 15.9 Å². The van der Waals surface area contributed by atoms with Gasteiger partial charge >= 0.3 is 0 Å². The highest BCUT2D eigenvalue weighted by Gasteiger charge is 2.16. The van der Waals surface area contributed by atoms with Crippen LogP contribution in [0.25, 0.3) is 5.69 Å². The van der Waals surface area contributed by atoms with E-state index in [-0.39, 0.29) is 11.9 Å². The topological polar surface area (TPSA) is 46.9 Å². The van der Waals surface area contributed by atoms with Crippen molar-refractivity contribution in [3.05, 3.63) is 82.1 Å². The standard InChI is InChI=1S/C19H18BrN3O/c1-13-12-18(22-23(13)17-6-4-3-5-7-17)19(24)21-14(2)15-8-10-16(20)11-9-15/h3-12,14H,1-2H3,(H,21,24). The van der Waals surface area contributed by atoms with E-state index in [9.17, 15) is 4.79 Å². The summed E-state index contributed by atoms with van der Waals surface area (Å²) in [4.78, 5) is 12.5. The van der Waals surface area contributed by atoms with Crippen molar-refractivity contribution < 1.29 is 4.79 Å². The van der Waals surface area contributed by atoms with Gasteiger partial charge in [-0.2, -0.15) is 5.10 Å². The van der Waals surface area contributed by atoms with E-state index in [4.69, 9.17) is 0 Å². The van der Waals surface area contributed by atoms with Crippen molar-refractivity contribution in [1.82, 2.24) is 15.1 Å². The minimum absolute atomic E-state index is 0.0900. The van der Waals surface area contributed by atoms with Crippen LogP contribution in [0.3, 0.4) is 0 Å². The Morgan fingerprint density at radius 3 is 2.46 bits per heavy atom. The zero-order chi connectivity index (χ0) is 17.1. The molecule has 122 valence electrons. The zero-order valence-electron chi connectivity index (χ0n) is 13.5. The Kier molecular flexibility index (Phi) is 4.81. The van der Waals surface area contributed by atoms with Crippen LogP contribution in [-0.4, -0.2) is 15.7 Å². The highest BCUT2D eigenvalue weighted by Crippen LogP contribution is 2.17. The van der Waals surface area contributed by atoms with Crippen LogP contribution in [0.5, 0.6) is 0 Å². The molecule has 3 aromatic rings. The average molecular weight is 384 g/mol. The van der Waals surface area contributed by atoms with Crippen molar-refractivity contribution >= 4 is 21.8 Å². The predicted molar refractivity (Wildman–Crippen MR) is 98.3 cm³/mol. The van der Waals surface area contributed by atoms with Crippen molar-refractivity contribution in [2.75, 3.05) is 0 Å². The Morgan fingerprint density at radius 2 is 1.79 bits per heavy atom. The summed E-state index contributed by atoms with van der Waals surface area (Å²) in [5.74, 6) is -0.178. The van der Waals surface area contributed by atoms with E-state index in [1.807, 2.05) is 68.4 Å². The lowest BCUT2D eigenvalue weighted by molar-refractivity contribution is 0.0934. The maximum Gasteiger partial charge on any atom is 0.272 e. The van der Waals surface area contributed by atoms with E-state index in [2.05, 4.69) is 26.3 Å². The van der Waals surface area contributed by atoms with E-state index in [0.717, 1.165) is 21.4 Å². The van der Waals surface area contributed by atoms with Crippen LogP contribution in [0.2, 0.25) is 0 Å². The fraction of sp³-hybridized carbons (Fsp3) is 0.158. The molecule has 5 heteroatoms. The third-order valence-corrected chi connectivity index (χ3v) is 4.37. The molecule has 1 atom stereocenters. The van der Waals surface area contributed by atoms with Crippen molar-refractivity contribution in [3.8, 4) is 5.69 Å². The fourth-order valence-electron chi connectivity index (χ4n) is 2.52. The maximum atomic E-state index is 12.5. The molecular weight excluding hydrogens is 366 g/mol. The van der Waals surface area contributed by atoms with Crippen LogP contribution < -0.4 is 5.32 Å². The molecule has 4 nitrogen and oxygen atoms in total. The van der Waals surface area contributed by atoms with Crippen LogP contribution in [-0.2, 0) is 0 Å². The number of amides is 1. The summed E-state index contributed by atoms with van der Waals surface area (Å²) in [5, 5.41) is 7.43. The van der Waals surface area contributed by atoms with Gasteiger partial charge in [-0.15, -0.1) is 0 Å². The van der Waals surface area contributed by atoms with Crippen LogP contribution in [0.1, 0.15) is 34.7 Å². The summed E-state index contributed by atoms with van der Waals surface area (Å²) in [5.41, 5.74) is 3.32. The first-order chi connectivity index (χ1) is 11.5. The molecule has 1 amide bonds. The van der Waals surface area contributed by atoms with Crippen molar-refractivity contribution in [1.29, 1.82) is 0 Å². The lowest BCUT2D eigenvalue weighted by Gasteiger charge is -2.13. The minimum atomic E-state index is -0.178. The summed E-state index contributed by atoms with van der Waals surface area (Å²) in [6.07, 6.45) is 0. The van der Waals surface area contributed by atoms with E-state index in [1.165, 1.54) is 0 Å². The van der Waals surface area contributed by atoms with Gasteiger partial charge in [0.05, 0.1) is 11.7 Å². The van der Waals surface area contributed by atoms with Gasteiger partial charge in [0.15, 0.2) is 5.69 Å². The number of nitrogens with zero attached hydrogens (tertiary/aromatic N) is 2. The van der Waals surface area contributed by atoms with Gasteiger partial charge in [0.1, 0.15) is 0 Å². The van der Waals surface area contributed by atoms with Gasteiger partial charge in [-0.05, 0) is 49.7 Å². The number of benzene rings is 2. The van der Waals surface area contributed by atoms with Crippen LogP contribution in [0.15, 0.2) is 65.1 Å². The summed E-state index contributed by atoms with van der Waals surface area (Å²) >= 11 is 3.41. The Labute approximate surface area is 149 Å². The van der Waals surface area contributed by atoms with Gasteiger partial charge in [-0.25, -0.2) is 4.68 Å². The molecule has 0 aliphatic carbocycles. The highest BCUT2D eigenvalue weighted by atomic mass is 79.9. The van der Waals surface area contributed by atoms with Gasteiger partial charge < -0.3 is 5.32 Å². The van der Waals surface area contributed by atoms with Gasteiger partial charge in [0.25, 0.3) is 5.91 Å². The Morgan fingerprint density at radius 1 is 1.12 bits per heavy atom. The average Bonchev–Trinajstić information content (AvgIpc) is 2.98. The lowest BCUT2D eigenvalue weighted by Crippen LogP contribution is -2.27. The summed E-state index contributed by atoms with van der Waals surface area (Å²) in [7, 11) is 0. The molecule has 0 radical (unpaired) electrons. The molecule has 0 spiro atoms. The van der Waals surface area contributed by atoms with Crippen LogP contribution in [0, 0.1) is 6.92 Å². The van der Waals surface area contributed by atoms with E-state index < -0.39 is 0 Å². The second-order valence-corrected chi connectivity index (χ2v) is 6.58. The monoisotopic (exact) mass is 383 g/mol. The third-order valence-electron chi connectivity index (χ3n) is 3.84. The summed E-state index contributed by atoms with van der Waals surface area (Å²) < 4.78 is 2.79. The second kappa shape index (κ2) is 7.01. The molecular formula is C19H18BrN3O. The molecule has 1 unspecified atom stereocenters. The molecule has 0 bridgehead atoms. The normalized spacial score (nSPS) is 12.0. The number of hydrogen-bond acceptors (Lipinski definition) is 2. The largest absolute Gasteiger partial charge is 0.344 e. The fourth-order valence-corrected chi connectivity index (χ4v) is 2.79. The number of rotatable bonds is 4. The number of carbonyl (C=O) groups is 1. The molecule has 0 saturated carbocycles. The Hall–Kier alpha value is -2.40. The number of carbonyl (C=O) groups excluding carboxylic acids is 1. The molecule has 24 heavy (non-hydrogen) atoms. The zero-order valence-corrected chi connectivity index (χ0v) is 15.1. The third kappa shape index (κ3) is 3.57. The molecule has 3 rings (SSSR count). The van der Waals surface area contributed by atoms with E-state index in [1.54, 1.807) is 10.7 Å². The van der Waals surface area contributed by atoms with Crippen molar-refractivity contribution in [3.63, 3.8) is 0 Å². The number of halogens is 1. The van der Waals surface area contributed by atoms with Gasteiger partial charge in [-0.1, -0.05) is 46.3 Å². The number of hydrogen-bond donors (Lipinski definition) is 1. The quantitative estimate of drug-likeness (QED) is 0.723. The number of nitrogens with one attached hydrogen (secondary N) is 1. The van der Waals surface area contributed by atoms with E-state index in [0.29, 0.717) is 5.69 Å². The van der Waals surface area contributed by atoms with Crippen molar-refractivity contribution in [2.24, 2.45) is 0 Å². The predicted octanol–water partition coefficient (Wildman–Crippen LogP) is 4.43. The first-order valence-electron chi connectivity index (χ1n) is 7.73. The van der Waals surface area contributed by atoms with Gasteiger partial charge in [-0.3, -0.25) is 4.79 Å². The number of aromatic nitrogens is 2. The molecule has 0 aliphatic heterocycles. The van der Waals surface area contributed by atoms with E-state index >= 15 is 0 Å².